The molecule has 0 saturated heterocycles. The Morgan fingerprint density at radius 3 is 3.00 bits per heavy atom. The van der Waals surface area contributed by atoms with Crippen LogP contribution >= 0.6 is 0 Å². The van der Waals surface area contributed by atoms with Crippen LogP contribution in [0.5, 0.6) is 0 Å². The summed E-state index contributed by atoms with van der Waals surface area (Å²) in [5.41, 5.74) is 1.24. The van der Waals surface area contributed by atoms with Crippen molar-refractivity contribution >= 4 is 0 Å². The van der Waals surface area contributed by atoms with Gasteiger partial charge in [-0.05, 0) is 18.4 Å². The third kappa shape index (κ3) is 3.23. The summed E-state index contributed by atoms with van der Waals surface area (Å²) in [5, 5.41) is 7.41. The molecule has 0 bridgehead atoms. The average molecular weight is 191 g/mol. The summed E-state index contributed by atoms with van der Waals surface area (Å²) in [4.78, 5) is 0. The second kappa shape index (κ2) is 5.46. The minimum atomic E-state index is 0.201. The maximum atomic E-state index is 5.34. The highest BCUT2D eigenvalue weighted by Crippen LogP contribution is 1.97. The van der Waals surface area contributed by atoms with Crippen LogP contribution in [0.15, 0.2) is 12.4 Å². The number of nitrogens with one attached hydrogen (secondary N) is 1. The third-order valence-electron chi connectivity index (χ3n) is 2.17. The lowest BCUT2D eigenvalue weighted by Crippen LogP contribution is -2.28. The fourth-order valence-electron chi connectivity index (χ4n) is 1.31. The van der Waals surface area contributed by atoms with Crippen LogP contribution < -0.4 is 5.32 Å². The van der Waals surface area contributed by atoms with Gasteiger partial charge in [0.15, 0.2) is 0 Å². The van der Waals surface area contributed by atoms with Gasteiger partial charge in [0.05, 0.1) is 12.2 Å². The van der Waals surface area contributed by atoms with Gasteiger partial charge in [-0.3, -0.25) is 4.68 Å². The molecule has 3 heteroatoms. The molecule has 3 nitrogen and oxygen atoms in total. The van der Waals surface area contributed by atoms with Gasteiger partial charge in [0.2, 0.25) is 0 Å². The minimum absolute atomic E-state index is 0.201. The van der Waals surface area contributed by atoms with Gasteiger partial charge in [-0.15, -0.1) is 6.42 Å². The van der Waals surface area contributed by atoms with E-state index in [4.69, 9.17) is 6.42 Å². The molecule has 0 saturated carbocycles. The number of nitrogens with zero attached hydrogens (tertiary/aromatic N) is 2. The van der Waals surface area contributed by atoms with Crippen LogP contribution in [-0.4, -0.2) is 22.4 Å². The molecule has 1 heterocycles. The molecule has 1 aromatic heterocycles. The van der Waals surface area contributed by atoms with E-state index in [2.05, 4.69) is 23.3 Å². The van der Waals surface area contributed by atoms with Crippen molar-refractivity contribution < 1.29 is 0 Å². The monoisotopic (exact) mass is 191 g/mol. The van der Waals surface area contributed by atoms with Crippen LogP contribution in [-0.2, 0) is 13.5 Å². The fraction of sp³-hybridized carbons (Fsp3) is 0.545. The lowest BCUT2D eigenvalue weighted by Gasteiger charge is -2.08. The summed E-state index contributed by atoms with van der Waals surface area (Å²) in [7, 11) is 1.92. The lowest BCUT2D eigenvalue weighted by molar-refractivity contribution is 0.593. The molecule has 14 heavy (non-hydrogen) atoms. The standard InChI is InChI=1S/C11H17N3/c1-4-11(5-2)12-7-6-10-8-13-14(3)9-10/h1,8-9,11-12H,5-7H2,2-3H3. The van der Waals surface area contributed by atoms with Gasteiger partial charge in [0.1, 0.15) is 0 Å². The molecule has 0 aliphatic rings. The normalized spacial score (nSPS) is 12.4. The Labute approximate surface area is 85.5 Å². The molecule has 0 amide bonds. The topological polar surface area (TPSA) is 29.9 Å². The molecule has 0 radical (unpaired) electrons. The van der Waals surface area contributed by atoms with E-state index < -0.39 is 0 Å². The zero-order chi connectivity index (χ0) is 10.4. The third-order valence-corrected chi connectivity index (χ3v) is 2.17. The summed E-state index contributed by atoms with van der Waals surface area (Å²) in [6.45, 7) is 3.00. The predicted octanol–water partition coefficient (Wildman–Crippen LogP) is 0.964. The molecule has 0 aliphatic carbocycles. The number of hydrogen-bond acceptors (Lipinski definition) is 2. The number of aryl methyl sites for hydroxylation is 1. The van der Waals surface area contributed by atoms with Gasteiger partial charge in [0, 0.05) is 19.8 Å². The van der Waals surface area contributed by atoms with Crippen molar-refractivity contribution in [3.63, 3.8) is 0 Å². The first-order valence-corrected chi connectivity index (χ1v) is 4.93. The van der Waals surface area contributed by atoms with Gasteiger partial charge in [-0.1, -0.05) is 12.8 Å². The Bertz CT molecular complexity index is 309. The smallest absolute Gasteiger partial charge is 0.0684 e. The van der Waals surface area contributed by atoms with E-state index in [-0.39, 0.29) is 6.04 Å². The summed E-state index contributed by atoms with van der Waals surface area (Å²) < 4.78 is 1.81. The van der Waals surface area contributed by atoms with Crippen molar-refractivity contribution in [3.05, 3.63) is 18.0 Å². The highest BCUT2D eigenvalue weighted by atomic mass is 15.2. The Balaban J connectivity index is 2.25. The zero-order valence-electron chi connectivity index (χ0n) is 8.83. The van der Waals surface area contributed by atoms with Crippen LogP contribution in [0.1, 0.15) is 18.9 Å². The molecule has 0 aromatic carbocycles. The quantitative estimate of drug-likeness (QED) is 0.703. The van der Waals surface area contributed by atoms with Crippen molar-refractivity contribution in [2.45, 2.75) is 25.8 Å². The molecule has 1 atom stereocenters. The Morgan fingerprint density at radius 1 is 1.71 bits per heavy atom. The van der Waals surface area contributed by atoms with Crippen molar-refractivity contribution in [1.29, 1.82) is 0 Å². The molecule has 1 unspecified atom stereocenters. The van der Waals surface area contributed by atoms with E-state index >= 15 is 0 Å². The molecule has 1 N–H and O–H groups in total. The molecule has 76 valence electrons. The number of rotatable bonds is 5. The molecule has 1 aromatic rings. The highest BCUT2D eigenvalue weighted by Gasteiger charge is 2.00. The van der Waals surface area contributed by atoms with E-state index in [1.165, 1.54) is 5.56 Å². The molecular weight excluding hydrogens is 174 g/mol. The first-order chi connectivity index (χ1) is 6.76. The van der Waals surface area contributed by atoms with Crippen molar-refractivity contribution in [1.82, 2.24) is 15.1 Å². The largest absolute Gasteiger partial charge is 0.303 e. The van der Waals surface area contributed by atoms with E-state index in [1.54, 1.807) is 0 Å². The zero-order valence-corrected chi connectivity index (χ0v) is 8.83. The molecular formula is C11H17N3. The van der Waals surface area contributed by atoms with Crippen molar-refractivity contribution in [3.8, 4) is 12.3 Å². The van der Waals surface area contributed by atoms with Gasteiger partial charge < -0.3 is 5.32 Å². The predicted molar refractivity (Wildman–Crippen MR) is 57.8 cm³/mol. The van der Waals surface area contributed by atoms with Gasteiger partial charge in [0.25, 0.3) is 0 Å². The minimum Gasteiger partial charge on any atom is -0.303 e. The molecule has 1 rings (SSSR count). The van der Waals surface area contributed by atoms with Gasteiger partial charge in [-0.2, -0.15) is 5.10 Å². The van der Waals surface area contributed by atoms with Crippen LogP contribution in [0, 0.1) is 12.3 Å². The second-order valence-electron chi connectivity index (χ2n) is 3.35. The van der Waals surface area contributed by atoms with E-state index in [9.17, 15) is 0 Å². The Hall–Kier alpha value is -1.27. The SMILES string of the molecule is C#CC(CC)NCCc1cnn(C)c1. The summed E-state index contributed by atoms with van der Waals surface area (Å²) in [6, 6.07) is 0.201. The van der Waals surface area contributed by atoms with Crippen molar-refractivity contribution in [2.75, 3.05) is 6.54 Å². The van der Waals surface area contributed by atoms with Crippen LogP contribution in [0.4, 0.5) is 0 Å². The van der Waals surface area contributed by atoms with Crippen LogP contribution in [0.3, 0.4) is 0 Å². The second-order valence-corrected chi connectivity index (χ2v) is 3.35. The highest BCUT2D eigenvalue weighted by molar-refractivity contribution is 5.05. The van der Waals surface area contributed by atoms with Gasteiger partial charge in [-0.25, -0.2) is 0 Å². The van der Waals surface area contributed by atoms with E-state index in [0.717, 1.165) is 19.4 Å². The van der Waals surface area contributed by atoms with E-state index in [1.807, 2.05) is 24.1 Å². The maximum absolute atomic E-state index is 5.34. The summed E-state index contributed by atoms with van der Waals surface area (Å²) >= 11 is 0. The number of aromatic nitrogens is 2. The lowest BCUT2D eigenvalue weighted by atomic mass is 10.2. The first kappa shape index (κ1) is 10.8. The molecule has 0 fully saturated rings. The average Bonchev–Trinajstić information content (AvgIpc) is 2.59. The maximum Gasteiger partial charge on any atom is 0.0684 e. The van der Waals surface area contributed by atoms with E-state index in [0.29, 0.717) is 0 Å². The summed E-state index contributed by atoms with van der Waals surface area (Å²) in [6.07, 6.45) is 11.2. The molecule has 0 spiro atoms. The first-order valence-electron chi connectivity index (χ1n) is 4.93. The van der Waals surface area contributed by atoms with Gasteiger partial charge >= 0.3 is 0 Å². The van der Waals surface area contributed by atoms with Crippen molar-refractivity contribution in [2.24, 2.45) is 7.05 Å². The molecule has 0 aliphatic heterocycles. The number of terminal acetylenes is 1. The number of hydrogen-bond donors (Lipinski definition) is 1. The fourth-order valence-corrected chi connectivity index (χ4v) is 1.31. The van der Waals surface area contributed by atoms with Crippen LogP contribution in [0.25, 0.3) is 0 Å². The van der Waals surface area contributed by atoms with Crippen LogP contribution in [0.2, 0.25) is 0 Å². The Morgan fingerprint density at radius 2 is 2.50 bits per heavy atom. The Kier molecular flexibility index (Phi) is 4.21. The summed E-state index contributed by atoms with van der Waals surface area (Å²) in [5.74, 6) is 2.71.